The standard InChI is InChI=1S/C20H19N3O4S2/c1-26-14-6-5-12(10-15(14)27-2)19(25)23-8-7-13-17(11-23)29-20(21-13)22-18(24)16-4-3-9-28-16/h3-6,9-10H,7-8,11H2,1-2H3,(H,21,22,24). The normalized spacial score (nSPS) is 13.0. The summed E-state index contributed by atoms with van der Waals surface area (Å²) in [5.74, 6) is 0.865. The van der Waals surface area contributed by atoms with E-state index in [0.717, 1.165) is 10.6 Å². The molecule has 1 aliphatic rings. The summed E-state index contributed by atoms with van der Waals surface area (Å²) < 4.78 is 10.5. The van der Waals surface area contributed by atoms with E-state index < -0.39 is 0 Å². The van der Waals surface area contributed by atoms with Crippen molar-refractivity contribution in [3.05, 3.63) is 56.7 Å². The van der Waals surface area contributed by atoms with Crippen LogP contribution in [-0.4, -0.2) is 42.5 Å². The largest absolute Gasteiger partial charge is 0.493 e. The predicted octanol–water partition coefficient (Wildman–Crippen LogP) is 3.67. The lowest BCUT2D eigenvalue weighted by molar-refractivity contribution is 0.0735. The lowest BCUT2D eigenvalue weighted by Crippen LogP contribution is -2.35. The van der Waals surface area contributed by atoms with Gasteiger partial charge in [-0.1, -0.05) is 17.4 Å². The van der Waals surface area contributed by atoms with Gasteiger partial charge in [0.15, 0.2) is 16.6 Å². The number of rotatable bonds is 5. The number of nitrogens with one attached hydrogen (secondary N) is 1. The molecule has 7 nitrogen and oxygen atoms in total. The average Bonchev–Trinajstić information content (AvgIpc) is 3.41. The van der Waals surface area contributed by atoms with E-state index in [4.69, 9.17) is 9.47 Å². The van der Waals surface area contributed by atoms with Crippen molar-refractivity contribution in [3.8, 4) is 11.5 Å². The molecule has 1 aromatic carbocycles. The monoisotopic (exact) mass is 429 g/mol. The van der Waals surface area contributed by atoms with Crippen molar-refractivity contribution in [2.45, 2.75) is 13.0 Å². The number of hydrogen-bond donors (Lipinski definition) is 1. The van der Waals surface area contributed by atoms with E-state index in [1.54, 1.807) is 43.4 Å². The minimum Gasteiger partial charge on any atom is -0.493 e. The van der Waals surface area contributed by atoms with Crippen molar-refractivity contribution in [1.82, 2.24) is 9.88 Å². The molecule has 3 heterocycles. The van der Waals surface area contributed by atoms with Crippen molar-refractivity contribution >= 4 is 39.6 Å². The van der Waals surface area contributed by atoms with E-state index in [0.29, 0.717) is 46.6 Å². The Hall–Kier alpha value is -2.91. The van der Waals surface area contributed by atoms with E-state index in [2.05, 4.69) is 10.3 Å². The number of carbonyl (C=O) groups is 2. The number of anilines is 1. The van der Waals surface area contributed by atoms with E-state index in [9.17, 15) is 9.59 Å². The molecule has 150 valence electrons. The molecule has 2 amide bonds. The molecule has 0 radical (unpaired) electrons. The van der Waals surface area contributed by atoms with E-state index in [1.165, 1.54) is 22.7 Å². The van der Waals surface area contributed by atoms with Gasteiger partial charge < -0.3 is 14.4 Å². The summed E-state index contributed by atoms with van der Waals surface area (Å²) in [4.78, 5) is 33.2. The van der Waals surface area contributed by atoms with Crippen LogP contribution in [0.25, 0.3) is 0 Å². The van der Waals surface area contributed by atoms with E-state index in [-0.39, 0.29) is 11.8 Å². The molecule has 1 N–H and O–H groups in total. The summed E-state index contributed by atoms with van der Waals surface area (Å²) >= 11 is 2.80. The summed E-state index contributed by atoms with van der Waals surface area (Å²) in [7, 11) is 3.10. The van der Waals surface area contributed by atoms with Crippen LogP contribution in [-0.2, 0) is 13.0 Å². The van der Waals surface area contributed by atoms with Crippen molar-refractivity contribution < 1.29 is 19.1 Å². The number of fused-ring (bicyclic) bond motifs is 1. The first-order valence-corrected chi connectivity index (χ1v) is 10.6. The highest BCUT2D eigenvalue weighted by atomic mass is 32.1. The Kier molecular flexibility index (Phi) is 5.50. The average molecular weight is 430 g/mol. The molecule has 0 saturated heterocycles. The number of aromatic nitrogens is 1. The number of methoxy groups -OCH3 is 2. The Morgan fingerprint density at radius 3 is 2.72 bits per heavy atom. The van der Waals surface area contributed by atoms with Gasteiger partial charge in [0.1, 0.15) is 0 Å². The van der Waals surface area contributed by atoms with Crippen LogP contribution in [0, 0.1) is 0 Å². The van der Waals surface area contributed by atoms with E-state index in [1.807, 2.05) is 11.4 Å². The number of ether oxygens (including phenoxy) is 2. The number of nitrogens with zero attached hydrogens (tertiary/aromatic N) is 2. The highest BCUT2D eigenvalue weighted by Crippen LogP contribution is 2.31. The van der Waals surface area contributed by atoms with Gasteiger partial charge in [-0.15, -0.1) is 11.3 Å². The molecule has 9 heteroatoms. The summed E-state index contributed by atoms with van der Waals surface area (Å²) in [6.45, 7) is 1.04. The fourth-order valence-corrected chi connectivity index (χ4v) is 4.78. The van der Waals surface area contributed by atoms with Gasteiger partial charge in [-0.3, -0.25) is 14.9 Å². The zero-order chi connectivity index (χ0) is 20.4. The first-order chi connectivity index (χ1) is 14.1. The summed E-state index contributed by atoms with van der Waals surface area (Å²) in [5.41, 5.74) is 1.48. The quantitative estimate of drug-likeness (QED) is 0.669. The molecule has 1 aliphatic heterocycles. The molecule has 0 fully saturated rings. The Labute approximate surface area is 175 Å². The van der Waals surface area contributed by atoms with Crippen LogP contribution in [0.1, 0.15) is 30.6 Å². The molecular weight excluding hydrogens is 410 g/mol. The third-order valence-electron chi connectivity index (χ3n) is 4.61. The number of amides is 2. The number of thiophene rings is 1. The van der Waals surface area contributed by atoms with Crippen molar-refractivity contribution in [2.75, 3.05) is 26.1 Å². The van der Waals surface area contributed by atoms with Gasteiger partial charge in [0.05, 0.1) is 31.3 Å². The highest BCUT2D eigenvalue weighted by molar-refractivity contribution is 7.16. The maximum Gasteiger partial charge on any atom is 0.267 e. The Bertz CT molecular complexity index is 1050. The predicted molar refractivity (Wildman–Crippen MR) is 112 cm³/mol. The minimum atomic E-state index is -0.163. The molecule has 4 rings (SSSR count). The zero-order valence-corrected chi connectivity index (χ0v) is 17.6. The molecule has 0 unspecified atom stereocenters. The third-order valence-corrected chi connectivity index (χ3v) is 6.48. The van der Waals surface area contributed by atoms with Crippen LogP contribution in [0.3, 0.4) is 0 Å². The lowest BCUT2D eigenvalue weighted by Gasteiger charge is -2.26. The van der Waals surface area contributed by atoms with Crippen LogP contribution in [0.4, 0.5) is 5.13 Å². The first-order valence-electron chi connectivity index (χ1n) is 8.93. The Balaban J connectivity index is 1.48. The molecule has 0 aliphatic carbocycles. The van der Waals surface area contributed by atoms with E-state index >= 15 is 0 Å². The van der Waals surface area contributed by atoms with Gasteiger partial charge in [-0.2, -0.15) is 0 Å². The van der Waals surface area contributed by atoms with Crippen molar-refractivity contribution in [3.63, 3.8) is 0 Å². The highest BCUT2D eigenvalue weighted by Gasteiger charge is 2.26. The summed E-state index contributed by atoms with van der Waals surface area (Å²) in [6, 6.07) is 8.77. The zero-order valence-electron chi connectivity index (χ0n) is 15.9. The number of hydrogen-bond acceptors (Lipinski definition) is 7. The SMILES string of the molecule is COc1ccc(C(=O)N2CCc3nc(NC(=O)c4cccs4)sc3C2)cc1OC. The Morgan fingerprint density at radius 1 is 1.17 bits per heavy atom. The molecular formula is C20H19N3O4S2. The van der Waals surface area contributed by atoms with Crippen molar-refractivity contribution in [1.29, 1.82) is 0 Å². The maximum absolute atomic E-state index is 13.0. The number of benzene rings is 1. The number of thiazole rings is 1. The fourth-order valence-electron chi connectivity index (χ4n) is 3.14. The lowest BCUT2D eigenvalue weighted by atomic mass is 10.1. The number of carbonyl (C=O) groups excluding carboxylic acids is 2. The summed E-state index contributed by atoms with van der Waals surface area (Å²) in [5, 5.41) is 5.27. The van der Waals surface area contributed by atoms with Crippen LogP contribution in [0.5, 0.6) is 11.5 Å². The van der Waals surface area contributed by atoms with Crippen LogP contribution < -0.4 is 14.8 Å². The fraction of sp³-hybridized carbons (Fsp3) is 0.250. The smallest absolute Gasteiger partial charge is 0.267 e. The van der Waals surface area contributed by atoms with Crippen LogP contribution in [0.15, 0.2) is 35.7 Å². The third kappa shape index (κ3) is 3.96. The van der Waals surface area contributed by atoms with Gasteiger partial charge in [0.25, 0.3) is 11.8 Å². The second kappa shape index (κ2) is 8.22. The molecule has 0 bridgehead atoms. The first kappa shape index (κ1) is 19.4. The topological polar surface area (TPSA) is 80.8 Å². The second-order valence-electron chi connectivity index (χ2n) is 6.37. The molecule has 0 spiro atoms. The van der Waals surface area contributed by atoms with Gasteiger partial charge in [0.2, 0.25) is 0 Å². The van der Waals surface area contributed by atoms with Gasteiger partial charge in [-0.25, -0.2) is 4.98 Å². The Morgan fingerprint density at radius 2 is 2.00 bits per heavy atom. The molecule has 29 heavy (non-hydrogen) atoms. The molecule has 0 atom stereocenters. The van der Waals surface area contributed by atoms with Crippen LogP contribution in [0.2, 0.25) is 0 Å². The van der Waals surface area contributed by atoms with Gasteiger partial charge >= 0.3 is 0 Å². The molecule has 0 saturated carbocycles. The van der Waals surface area contributed by atoms with Gasteiger partial charge in [-0.05, 0) is 29.6 Å². The summed E-state index contributed by atoms with van der Waals surface area (Å²) in [6.07, 6.45) is 0.653. The minimum absolute atomic E-state index is 0.0748. The molecule has 2 aromatic heterocycles. The van der Waals surface area contributed by atoms with Crippen LogP contribution >= 0.6 is 22.7 Å². The molecule has 3 aromatic rings. The maximum atomic E-state index is 13.0. The van der Waals surface area contributed by atoms with Gasteiger partial charge in [0, 0.05) is 23.4 Å². The second-order valence-corrected chi connectivity index (χ2v) is 8.40. The van der Waals surface area contributed by atoms with Crippen molar-refractivity contribution in [2.24, 2.45) is 0 Å².